The molecule has 0 radical (unpaired) electrons. The summed E-state index contributed by atoms with van der Waals surface area (Å²) in [6.07, 6.45) is 2.84. The normalized spacial score (nSPS) is 17.2. The van der Waals surface area contributed by atoms with Crippen molar-refractivity contribution in [2.45, 2.75) is 18.9 Å². The lowest BCUT2D eigenvalue weighted by molar-refractivity contribution is 0.0819. The van der Waals surface area contributed by atoms with E-state index in [1.807, 2.05) is 0 Å². The van der Waals surface area contributed by atoms with E-state index in [4.69, 9.17) is 4.74 Å². The van der Waals surface area contributed by atoms with Crippen molar-refractivity contribution in [1.29, 1.82) is 0 Å². The van der Waals surface area contributed by atoms with Gasteiger partial charge in [0.25, 0.3) is 0 Å². The molecular weight excluding hydrogens is 221 g/mol. The Bertz CT molecular complexity index is 400. The first kappa shape index (κ1) is 12.0. The SMILES string of the molecule is COC1CCN(c2cc(F)cc(C=O)c2)CC1. The van der Waals surface area contributed by atoms with E-state index in [0.29, 0.717) is 18.0 Å². The fraction of sp³-hybridized carbons (Fsp3) is 0.462. The lowest BCUT2D eigenvalue weighted by Gasteiger charge is -2.33. The van der Waals surface area contributed by atoms with Crippen molar-refractivity contribution in [3.63, 3.8) is 0 Å². The van der Waals surface area contributed by atoms with E-state index in [0.717, 1.165) is 31.6 Å². The summed E-state index contributed by atoms with van der Waals surface area (Å²) >= 11 is 0. The van der Waals surface area contributed by atoms with E-state index >= 15 is 0 Å². The largest absolute Gasteiger partial charge is 0.381 e. The Hall–Kier alpha value is -1.42. The summed E-state index contributed by atoms with van der Waals surface area (Å²) < 4.78 is 18.6. The van der Waals surface area contributed by atoms with Crippen molar-refractivity contribution in [1.82, 2.24) is 0 Å². The van der Waals surface area contributed by atoms with Gasteiger partial charge in [0.2, 0.25) is 0 Å². The number of rotatable bonds is 3. The van der Waals surface area contributed by atoms with E-state index in [-0.39, 0.29) is 5.82 Å². The minimum atomic E-state index is -0.363. The number of aldehydes is 1. The van der Waals surface area contributed by atoms with Gasteiger partial charge >= 0.3 is 0 Å². The van der Waals surface area contributed by atoms with Gasteiger partial charge in [-0.2, -0.15) is 0 Å². The van der Waals surface area contributed by atoms with Crippen LogP contribution in [0, 0.1) is 5.82 Å². The number of anilines is 1. The van der Waals surface area contributed by atoms with E-state index in [1.165, 1.54) is 12.1 Å². The summed E-state index contributed by atoms with van der Waals surface area (Å²) in [4.78, 5) is 12.8. The maximum Gasteiger partial charge on any atom is 0.150 e. The highest BCUT2D eigenvalue weighted by Crippen LogP contribution is 2.23. The smallest absolute Gasteiger partial charge is 0.150 e. The maximum atomic E-state index is 13.3. The molecule has 1 saturated heterocycles. The second kappa shape index (κ2) is 5.27. The average Bonchev–Trinajstić information content (AvgIpc) is 2.38. The third-order valence-corrected chi connectivity index (χ3v) is 3.18. The number of ether oxygens (including phenoxy) is 1. The van der Waals surface area contributed by atoms with Gasteiger partial charge in [-0.05, 0) is 31.0 Å². The molecule has 1 aliphatic heterocycles. The van der Waals surface area contributed by atoms with Crippen molar-refractivity contribution in [2.24, 2.45) is 0 Å². The fourth-order valence-electron chi connectivity index (χ4n) is 2.20. The number of carbonyl (C=O) groups is 1. The molecule has 1 aromatic rings. The number of benzene rings is 1. The van der Waals surface area contributed by atoms with Crippen LogP contribution in [0.3, 0.4) is 0 Å². The molecule has 4 heteroatoms. The summed E-state index contributed by atoms with van der Waals surface area (Å²) in [6.45, 7) is 1.67. The molecule has 0 aromatic heterocycles. The molecule has 0 aliphatic carbocycles. The van der Waals surface area contributed by atoms with Crippen molar-refractivity contribution in [3.8, 4) is 0 Å². The number of hydrogen-bond acceptors (Lipinski definition) is 3. The van der Waals surface area contributed by atoms with Gasteiger partial charge in [-0.15, -0.1) is 0 Å². The molecule has 2 rings (SSSR count). The third kappa shape index (κ3) is 2.82. The predicted octanol–water partition coefficient (Wildman–Crippen LogP) is 2.25. The first-order valence-electron chi connectivity index (χ1n) is 5.76. The summed E-state index contributed by atoms with van der Waals surface area (Å²) in [6, 6.07) is 4.45. The van der Waals surface area contributed by atoms with Crippen LogP contribution in [0.1, 0.15) is 23.2 Å². The van der Waals surface area contributed by atoms with Crippen LogP contribution in [0.15, 0.2) is 18.2 Å². The second-order valence-electron chi connectivity index (χ2n) is 4.28. The molecule has 3 nitrogen and oxygen atoms in total. The molecule has 1 heterocycles. The van der Waals surface area contributed by atoms with Crippen LogP contribution in [0.25, 0.3) is 0 Å². The topological polar surface area (TPSA) is 29.5 Å². The number of piperidine rings is 1. The highest BCUT2D eigenvalue weighted by atomic mass is 19.1. The van der Waals surface area contributed by atoms with Crippen molar-refractivity contribution >= 4 is 12.0 Å². The molecule has 0 atom stereocenters. The molecule has 1 aliphatic rings. The van der Waals surface area contributed by atoms with E-state index in [2.05, 4.69) is 4.90 Å². The molecular formula is C13H16FNO2. The Morgan fingerprint density at radius 3 is 2.65 bits per heavy atom. The van der Waals surface area contributed by atoms with Gasteiger partial charge in [0.15, 0.2) is 0 Å². The quantitative estimate of drug-likeness (QED) is 0.755. The zero-order chi connectivity index (χ0) is 12.3. The van der Waals surface area contributed by atoms with Gasteiger partial charge in [0.05, 0.1) is 6.10 Å². The molecule has 0 amide bonds. The lowest BCUT2D eigenvalue weighted by atomic mass is 10.1. The number of nitrogens with zero attached hydrogens (tertiary/aromatic N) is 1. The monoisotopic (exact) mass is 237 g/mol. The minimum absolute atomic E-state index is 0.297. The first-order valence-corrected chi connectivity index (χ1v) is 5.76. The molecule has 0 spiro atoms. The first-order chi connectivity index (χ1) is 8.22. The van der Waals surface area contributed by atoms with Gasteiger partial charge in [-0.3, -0.25) is 4.79 Å². The summed E-state index contributed by atoms with van der Waals surface area (Å²) in [5, 5.41) is 0. The van der Waals surface area contributed by atoms with Crippen LogP contribution < -0.4 is 4.90 Å². The predicted molar refractivity (Wildman–Crippen MR) is 64.0 cm³/mol. The Morgan fingerprint density at radius 1 is 1.35 bits per heavy atom. The Morgan fingerprint density at radius 2 is 2.06 bits per heavy atom. The number of hydrogen-bond donors (Lipinski definition) is 0. The highest BCUT2D eigenvalue weighted by Gasteiger charge is 2.19. The Kier molecular flexibility index (Phi) is 3.74. The molecule has 0 saturated carbocycles. The van der Waals surface area contributed by atoms with Gasteiger partial charge in [-0.25, -0.2) is 4.39 Å². The van der Waals surface area contributed by atoms with Crippen LogP contribution >= 0.6 is 0 Å². The van der Waals surface area contributed by atoms with Crippen LogP contribution in [-0.4, -0.2) is 32.6 Å². The van der Waals surface area contributed by atoms with Crippen molar-refractivity contribution in [3.05, 3.63) is 29.6 Å². The highest BCUT2D eigenvalue weighted by molar-refractivity contribution is 5.77. The van der Waals surface area contributed by atoms with Crippen LogP contribution in [0.5, 0.6) is 0 Å². The van der Waals surface area contributed by atoms with Gasteiger partial charge in [-0.1, -0.05) is 0 Å². The second-order valence-corrected chi connectivity index (χ2v) is 4.28. The molecule has 17 heavy (non-hydrogen) atoms. The van der Waals surface area contributed by atoms with Crippen molar-refractivity contribution in [2.75, 3.05) is 25.1 Å². The molecule has 0 N–H and O–H groups in total. The van der Waals surface area contributed by atoms with E-state index < -0.39 is 0 Å². The summed E-state index contributed by atoms with van der Waals surface area (Å²) in [7, 11) is 1.72. The molecule has 1 fully saturated rings. The number of halogens is 1. The number of carbonyl (C=O) groups excluding carboxylic acids is 1. The fourth-order valence-corrected chi connectivity index (χ4v) is 2.20. The summed E-state index contributed by atoms with van der Waals surface area (Å²) in [5.74, 6) is -0.363. The van der Waals surface area contributed by atoms with Gasteiger partial charge in [0, 0.05) is 31.5 Å². The summed E-state index contributed by atoms with van der Waals surface area (Å²) in [5.41, 5.74) is 1.16. The van der Waals surface area contributed by atoms with Crippen LogP contribution in [0.2, 0.25) is 0 Å². The molecule has 0 bridgehead atoms. The van der Waals surface area contributed by atoms with Crippen molar-refractivity contribution < 1.29 is 13.9 Å². The zero-order valence-corrected chi connectivity index (χ0v) is 9.86. The molecule has 1 aromatic carbocycles. The molecule has 0 unspecified atom stereocenters. The maximum absolute atomic E-state index is 13.3. The van der Waals surface area contributed by atoms with Crippen LogP contribution in [0.4, 0.5) is 10.1 Å². The number of methoxy groups -OCH3 is 1. The van der Waals surface area contributed by atoms with E-state index in [9.17, 15) is 9.18 Å². The minimum Gasteiger partial charge on any atom is -0.381 e. The lowest BCUT2D eigenvalue weighted by Crippen LogP contribution is -2.36. The zero-order valence-electron chi connectivity index (χ0n) is 9.86. The molecule has 92 valence electrons. The van der Waals surface area contributed by atoms with Gasteiger partial charge in [0.1, 0.15) is 12.1 Å². The van der Waals surface area contributed by atoms with Crippen LogP contribution in [-0.2, 0) is 4.74 Å². The Labute approximate surface area is 100 Å². The van der Waals surface area contributed by atoms with E-state index in [1.54, 1.807) is 13.2 Å². The average molecular weight is 237 g/mol. The Balaban J connectivity index is 2.12. The third-order valence-electron chi connectivity index (χ3n) is 3.18. The van der Waals surface area contributed by atoms with Gasteiger partial charge < -0.3 is 9.64 Å². The standard InChI is InChI=1S/C13H16FNO2/c1-17-13-2-4-15(5-3-13)12-7-10(9-16)6-11(14)8-12/h6-9,13H,2-5H2,1H3.